The molecule has 3 atom stereocenters. The summed E-state index contributed by atoms with van der Waals surface area (Å²) < 4.78 is 0. The fourth-order valence-electron chi connectivity index (χ4n) is 5.39. The van der Waals surface area contributed by atoms with Gasteiger partial charge in [-0.15, -0.1) is 17.0 Å². The fraction of sp³-hybridized carbons (Fsp3) is 0.943. The minimum Gasteiger partial charge on any atom is -0.378 e. The molecule has 0 radical (unpaired) electrons. The van der Waals surface area contributed by atoms with Gasteiger partial charge in [0.2, 0.25) is 0 Å². The Morgan fingerprint density at radius 3 is 1.24 bits per heavy atom. The number of ketones is 2. The van der Waals surface area contributed by atoms with E-state index in [1.807, 2.05) is 13.8 Å². The molecule has 0 aliphatic heterocycles. The van der Waals surface area contributed by atoms with Crippen molar-refractivity contribution in [1.82, 2.24) is 5.32 Å². The molecule has 0 saturated heterocycles. The third-order valence-corrected chi connectivity index (χ3v) is 8.57. The first-order chi connectivity index (χ1) is 19.2. The second-order valence-electron chi connectivity index (χ2n) is 12.8. The number of hydrogen-bond donors (Lipinski definition) is 3. The molecular weight excluding hydrogens is 578 g/mol. The Balaban J connectivity index is 0. The molecule has 0 fully saturated rings. The van der Waals surface area contributed by atoms with Crippen molar-refractivity contribution in [2.45, 2.75) is 201 Å². The van der Waals surface area contributed by atoms with E-state index < -0.39 is 17.9 Å². The molecule has 0 aliphatic carbocycles. The van der Waals surface area contributed by atoms with Crippen LogP contribution >= 0.6 is 17.0 Å². The lowest BCUT2D eigenvalue weighted by atomic mass is 9.85. The van der Waals surface area contributed by atoms with Crippen molar-refractivity contribution in [3.63, 3.8) is 0 Å². The number of carbonyl (C=O) groups is 2. The average Bonchev–Trinajstić information content (AvgIpc) is 2.93. The molecule has 0 amide bonds. The van der Waals surface area contributed by atoms with Gasteiger partial charge in [0.1, 0.15) is 12.0 Å². The minimum atomic E-state index is -2.02. The van der Waals surface area contributed by atoms with E-state index in [0.29, 0.717) is 12.8 Å². The first kappa shape index (κ1) is 42.8. The summed E-state index contributed by atoms with van der Waals surface area (Å²) in [5, 5.41) is 24.6. The van der Waals surface area contributed by atoms with Gasteiger partial charge in [-0.05, 0) is 18.8 Å². The Hall–Kier alpha value is -0.300. The van der Waals surface area contributed by atoms with Crippen LogP contribution in [0.3, 0.4) is 0 Å². The van der Waals surface area contributed by atoms with Crippen LogP contribution in [0.1, 0.15) is 189 Å². The number of Topliss-reactive ketones (excluding diaryl/α,β-unsaturated/α-hetero) is 2. The lowest BCUT2D eigenvalue weighted by Crippen LogP contribution is -2.62. The van der Waals surface area contributed by atoms with Crippen LogP contribution in [-0.4, -0.2) is 33.7 Å². The van der Waals surface area contributed by atoms with E-state index in [0.717, 1.165) is 32.1 Å². The van der Waals surface area contributed by atoms with E-state index in [-0.39, 0.29) is 40.9 Å². The summed E-state index contributed by atoms with van der Waals surface area (Å²) in [4.78, 5) is 26.2. The third-order valence-electron chi connectivity index (χ3n) is 8.57. The number of halogens is 1. The van der Waals surface area contributed by atoms with Crippen molar-refractivity contribution in [2.75, 3.05) is 0 Å². The van der Waals surface area contributed by atoms with E-state index in [1.54, 1.807) is 6.92 Å². The largest absolute Gasteiger partial charge is 0.378 e. The maximum Gasteiger partial charge on any atom is 0.187 e. The van der Waals surface area contributed by atoms with Crippen LogP contribution in [0.25, 0.3) is 0 Å². The molecule has 0 spiro atoms. The predicted molar refractivity (Wildman–Crippen MR) is 181 cm³/mol. The summed E-state index contributed by atoms with van der Waals surface area (Å²) in [5.74, 6) is -1.54. The van der Waals surface area contributed by atoms with Gasteiger partial charge in [-0.2, -0.15) is 0 Å². The first-order valence-electron chi connectivity index (χ1n) is 17.4. The fourth-order valence-corrected chi connectivity index (χ4v) is 5.39. The summed E-state index contributed by atoms with van der Waals surface area (Å²) in [6, 6.07) is 0. The molecule has 3 N–H and O–H groups in total. The molecule has 0 aromatic carbocycles. The standard InChI is InChI=1S/C35H69NO4.BrH/c1-6-8-10-12-14-16-18-20-22-24-26-28-32(37)31(5)35(40,36-34(39)30(3)4)33(38)29-27-25-23-21-19-17-15-13-11-9-7-2;/h30-31,34,36,39-40H,6-29H2,1-5H3;1H. The van der Waals surface area contributed by atoms with E-state index in [1.165, 1.54) is 103 Å². The first-order valence-corrected chi connectivity index (χ1v) is 17.4. The highest BCUT2D eigenvalue weighted by atomic mass is 79.9. The van der Waals surface area contributed by atoms with Gasteiger partial charge in [0.25, 0.3) is 0 Å². The summed E-state index contributed by atoms with van der Waals surface area (Å²) in [5.41, 5.74) is -2.02. The number of carbonyl (C=O) groups excluding carboxylic acids is 2. The zero-order valence-corrected chi connectivity index (χ0v) is 29.5. The molecule has 0 bridgehead atoms. The summed E-state index contributed by atoms with van der Waals surface area (Å²) in [7, 11) is 0. The molecule has 0 aromatic rings. The quantitative estimate of drug-likeness (QED) is 0.0533. The molecule has 6 heteroatoms. The van der Waals surface area contributed by atoms with Crippen molar-refractivity contribution in [2.24, 2.45) is 11.8 Å². The van der Waals surface area contributed by atoms with Gasteiger partial charge in [0.05, 0.1) is 5.92 Å². The molecular formula is C35H70BrNO4. The molecule has 0 saturated carbocycles. The maximum absolute atomic E-state index is 13.2. The van der Waals surface area contributed by atoms with Crippen LogP contribution in [0.4, 0.5) is 0 Å². The monoisotopic (exact) mass is 647 g/mol. The van der Waals surface area contributed by atoms with Crippen molar-refractivity contribution >= 4 is 28.5 Å². The summed E-state index contributed by atoms with van der Waals surface area (Å²) >= 11 is 0. The maximum atomic E-state index is 13.2. The van der Waals surface area contributed by atoms with Crippen LogP contribution < -0.4 is 5.32 Å². The Morgan fingerprint density at radius 1 is 0.585 bits per heavy atom. The average molecular weight is 649 g/mol. The van der Waals surface area contributed by atoms with Crippen molar-refractivity contribution in [1.29, 1.82) is 0 Å². The summed E-state index contributed by atoms with van der Waals surface area (Å²) in [6.45, 7) is 9.77. The molecule has 5 nitrogen and oxygen atoms in total. The number of aliphatic hydroxyl groups excluding tert-OH is 1. The van der Waals surface area contributed by atoms with Gasteiger partial charge in [0, 0.05) is 12.8 Å². The molecule has 0 rings (SSSR count). The zero-order chi connectivity index (χ0) is 30.1. The second kappa shape index (κ2) is 28.5. The Kier molecular flexibility index (Phi) is 29.7. The molecule has 0 aromatic heterocycles. The van der Waals surface area contributed by atoms with Gasteiger partial charge < -0.3 is 10.2 Å². The lowest BCUT2D eigenvalue weighted by molar-refractivity contribution is -0.161. The number of hydrogen-bond acceptors (Lipinski definition) is 5. The van der Waals surface area contributed by atoms with Gasteiger partial charge in [-0.1, -0.05) is 163 Å². The molecule has 0 aliphatic rings. The van der Waals surface area contributed by atoms with Gasteiger partial charge in [-0.25, -0.2) is 0 Å². The highest BCUT2D eigenvalue weighted by Gasteiger charge is 2.45. The Labute approximate surface area is 265 Å². The van der Waals surface area contributed by atoms with Crippen molar-refractivity contribution < 1.29 is 19.8 Å². The molecule has 41 heavy (non-hydrogen) atoms. The Morgan fingerprint density at radius 2 is 0.902 bits per heavy atom. The highest BCUT2D eigenvalue weighted by molar-refractivity contribution is 8.93. The minimum absolute atomic E-state index is 0. The van der Waals surface area contributed by atoms with Crippen LogP contribution in [0, 0.1) is 11.8 Å². The van der Waals surface area contributed by atoms with Crippen LogP contribution in [-0.2, 0) is 9.59 Å². The third kappa shape index (κ3) is 22.0. The van der Waals surface area contributed by atoms with Gasteiger partial charge in [-0.3, -0.25) is 14.9 Å². The van der Waals surface area contributed by atoms with E-state index in [2.05, 4.69) is 19.2 Å². The van der Waals surface area contributed by atoms with Crippen molar-refractivity contribution in [3.05, 3.63) is 0 Å². The molecule has 246 valence electrons. The van der Waals surface area contributed by atoms with Crippen LogP contribution in [0.2, 0.25) is 0 Å². The SMILES string of the molecule is Br.CCCCCCCCCCCCCC(=O)C(C)C(O)(NC(O)C(C)C)C(=O)CCCCCCCCCCCCC. The number of nitrogens with one attached hydrogen (secondary N) is 1. The summed E-state index contributed by atoms with van der Waals surface area (Å²) in [6.07, 6.45) is 26.0. The molecule has 0 heterocycles. The second-order valence-corrected chi connectivity index (χ2v) is 12.8. The normalized spacial score (nSPS) is 14.4. The smallest absolute Gasteiger partial charge is 0.187 e. The van der Waals surface area contributed by atoms with E-state index in [4.69, 9.17) is 0 Å². The van der Waals surface area contributed by atoms with Crippen molar-refractivity contribution in [3.8, 4) is 0 Å². The number of unbranched alkanes of at least 4 members (excludes halogenated alkanes) is 20. The number of aliphatic hydroxyl groups is 2. The Bertz CT molecular complexity index is 615. The number of rotatable bonds is 30. The predicted octanol–water partition coefficient (Wildman–Crippen LogP) is 9.99. The molecule has 3 unspecified atom stereocenters. The van der Waals surface area contributed by atoms with Crippen LogP contribution in [0.5, 0.6) is 0 Å². The van der Waals surface area contributed by atoms with E-state index in [9.17, 15) is 19.8 Å². The highest BCUT2D eigenvalue weighted by Crippen LogP contribution is 2.24. The van der Waals surface area contributed by atoms with Gasteiger partial charge in [0.15, 0.2) is 11.5 Å². The van der Waals surface area contributed by atoms with E-state index >= 15 is 0 Å². The topological polar surface area (TPSA) is 86.6 Å². The lowest BCUT2D eigenvalue weighted by Gasteiger charge is -2.36. The van der Waals surface area contributed by atoms with Gasteiger partial charge >= 0.3 is 0 Å². The van der Waals surface area contributed by atoms with Crippen LogP contribution in [0.15, 0.2) is 0 Å². The zero-order valence-electron chi connectivity index (χ0n) is 27.8.